The van der Waals surface area contributed by atoms with Crippen LogP contribution in [0.1, 0.15) is 22.8 Å². The number of ether oxygens (including phenoxy) is 1. The second-order valence-corrected chi connectivity index (χ2v) is 5.31. The van der Waals surface area contributed by atoms with Crippen molar-refractivity contribution < 1.29 is 18.3 Å². The minimum Gasteiger partial charge on any atom is -0.434 e. The van der Waals surface area contributed by atoms with Crippen molar-refractivity contribution in [2.45, 2.75) is 13.5 Å². The van der Waals surface area contributed by atoms with Crippen molar-refractivity contribution in [3.63, 3.8) is 0 Å². The first-order valence-corrected chi connectivity index (χ1v) is 7.77. The van der Waals surface area contributed by atoms with Crippen LogP contribution in [0.4, 0.5) is 8.78 Å². The third-order valence-corrected chi connectivity index (χ3v) is 3.56. The molecule has 0 aliphatic carbocycles. The number of nitrogens with zero attached hydrogens (tertiary/aromatic N) is 5. The number of hydrazone groups is 1. The molecule has 3 aromatic rings. The fourth-order valence-corrected chi connectivity index (χ4v) is 2.27. The van der Waals surface area contributed by atoms with Crippen molar-refractivity contribution in [3.05, 3.63) is 66.0 Å². The molecule has 138 valence electrons. The molecule has 2 aromatic carbocycles. The van der Waals surface area contributed by atoms with E-state index < -0.39 is 12.5 Å². The summed E-state index contributed by atoms with van der Waals surface area (Å²) in [6, 6.07) is 12.7. The summed E-state index contributed by atoms with van der Waals surface area (Å²) in [4.78, 5) is 12.2. The molecule has 1 N–H and O–H groups in total. The Balaban J connectivity index is 1.71. The number of aromatic nitrogens is 4. The van der Waals surface area contributed by atoms with Crippen LogP contribution in [0, 0.1) is 0 Å². The molecule has 0 atom stereocenters. The van der Waals surface area contributed by atoms with Gasteiger partial charge in [-0.05, 0) is 53.7 Å². The molecule has 8 nitrogen and oxygen atoms in total. The number of hydrogen-bond donors (Lipinski definition) is 1. The molecule has 1 aromatic heterocycles. The molecule has 0 bridgehead atoms. The van der Waals surface area contributed by atoms with E-state index >= 15 is 0 Å². The first kappa shape index (κ1) is 18.1. The SMILES string of the molecule is C/C(=N\NC(=O)c1ccc(-n2cnnn2)cc1)c1ccccc1OC(F)F. The summed E-state index contributed by atoms with van der Waals surface area (Å²) in [6.45, 7) is -1.37. The Kier molecular flexibility index (Phi) is 5.45. The van der Waals surface area contributed by atoms with Crippen LogP contribution in [0.3, 0.4) is 0 Å². The van der Waals surface area contributed by atoms with Gasteiger partial charge in [-0.2, -0.15) is 13.9 Å². The Hall–Kier alpha value is -3.69. The number of halogens is 2. The van der Waals surface area contributed by atoms with Crippen LogP contribution in [0.25, 0.3) is 5.69 Å². The fraction of sp³-hybridized carbons (Fsp3) is 0.118. The second kappa shape index (κ2) is 8.13. The molecule has 0 radical (unpaired) electrons. The monoisotopic (exact) mass is 372 g/mol. The highest BCUT2D eigenvalue weighted by Crippen LogP contribution is 2.21. The molecule has 0 aliphatic heterocycles. The van der Waals surface area contributed by atoms with Gasteiger partial charge in [0.2, 0.25) is 0 Å². The number of tetrazole rings is 1. The van der Waals surface area contributed by atoms with Crippen molar-refractivity contribution in [3.8, 4) is 11.4 Å². The Bertz CT molecular complexity index is 942. The summed E-state index contributed by atoms with van der Waals surface area (Å²) in [6.07, 6.45) is 1.43. The lowest BCUT2D eigenvalue weighted by Crippen LogP contribution is -2.19. The van der Waals surface area contributed by atoms with E-state index in [1.807, 2.05) is 0 Å². The number of carbonyl (C=O) groups excluding carboxylic acids is 1. The number of rotatable bonds is 6. The van der Waals surface area contributed by atoms with E-state index in [-0.39, 0.29) is 5.75 Å². The first-order chi connectivity index (χ1) is 13.0. The maximum Gasteiger partial charge on any atom is 0.387 e. The Morgan fingerprint density at radius 3 is 2.59 bits per heavy atom. The number of alkyl halides is 2. The topological polar surface area (TPSA) is 94.3 Å². The number of para-hydroxylation sites is 1. The zero-order chi connectivity index (χ0) is 19.2. The van der Waals surface area contributed by atoms with E-state index in [0.717, 1.165) is 0 Å². The number of amides is 1. The molecule has 27 heavy (non-hydrogen) atoms. The Labute approximate surface area is 152 Å². The Morgan fingerprint density at radius 2 is 1.93 bits per heavy atom. The zero-order valence-electron chi connectivity index (χ0n) is 14.1. The number of benzene rings is 2. The lowest BCUT2D eigenvalue weighted by Gasteiger charge is -2.10. The van der Waals surface area contributed by atoms with Gasteiger partial charge in [0.15, 0.2) is 0 Å². The van der Waals surface area contributed by atoms with Gasteiger partial charge in [-0.1, -0.05) is 12.1 Å². The largest absolute Gasteiger partial charge is 0.434 e. The molecule has 0 unspecified atom stereocenters. The van der Waals surface area contributed by atoms with Crippen LogP contribution in [0.5, 0.6) is 5.75 Å². The molecular weight excluding hydrogens is 358 g/mol. The van der Waals surface area contributed by atoms with Gasteiger partial charge in [0.25, 0.3) is 5.91 Å². The quantitative estimate of drug-likeness (QED) is 0.530. The highest BCUT2D eigenvalue weighted by Gasteiger charge is 2.12. The lowest BCUT2D eigenvalue weighted by atomic mass is 10.1. The molecule has 0 saturated heterocycles. The predicted molar refractivity (Wildman–Crippen MR) is 91.9 cm³/mol. The number of carbonyl (C=O) groups is 1. The number of hydrogen-bond acceptors (Lipinski definition) is 6. The molecule has 3 rings (SSSR count). The standard InChI is InChI=1S/C17H14F2N6O2/c1-11(14-4-2-3-5-15(14)27-17(18)19)21-22-16(26)12-6-8-13(9-7-12)25-10-20-23-24-25/h2-10,17H,1H3,(H,22,26)/b21-11+. The second-order valence-electron chi connectivity index (χ2n) is 5.31. The van der Waals surface area contributed by atoms with E-state index in [2.05, 4.69) is 30.8 Å². The summed E-state index contributed by atoms with van der Waals surface area (Å²) < 4.78 is 30.9. The third-order valence-electron chi connectivity index (χ3n) is 3.56. The maximum absolute atomic E-state index is 12.5. The summed E-state index contributed by atoms with van der Waals surface area (Å²) in [5, 5.41) is 14.8. The minimum absolute atomic E-state index is 0.0196. The van der Waals surface area contributed by atoms with Gasteiger partial charge in [-0.3, -0.25) is 4.79 Å². The van der Waals surface area contributed by atoms with Crippen molar-refractivity contribution in [1.82, 2.24) is 25.6 Å². The van der Waals surface area contributed by atoms with Crippen molar-refractivity contribution in [2.24, 2.45) is 5.10 Å². The minimum atomic E-state index is -2.95. The van der Waals surface area contributed by atoms with Gasteiger partial charge in [-0.15, -0.1) is 5.10 Å². The van der Waals surface area contributed by atoms with Gasteiger partial charge in [-0.25, -0.2) is 10.1 Å². The van der Waals surface area contributed by atoms with E-state index in [1.54, 1.807) is 49.4 Å². The molecule has 1 heterocycles. The zero-order valence-corrected chi connectivity index (χ0v) is 14.1. The van der Waals surface area contributed by atoms with Crippen LogP contribution >= 0.6 is 0 Å². The van der Waals surface area contributed by atoms with Crippen molar-refractivity contribution >= 4 is 11.6 Å². The molecule has 0 spiro atoms. The average Bonchev–Trinajstić information content (AvgIpc) is 3.21. The van der Waals surface area contributed by atoms with Gasteiger partial charge in [0, 0.05) is 11.1 Å². The smallest absolute Gasteiger partial charge is 0.387 e. The van der Waals surface area contributed by atoms with Crippen LogP contribution in [-0.4, -0.2) is 38.4 Å². The molecule has 0 aliphatic rings. The third kappa shape index (κ3) is 4.48. The van der Waals surface area contributed by atoms with E-state index in [0.29, 0.717) is 22.5 Å². The first-order valence-electron chi connectivity index (χ1n) is 7.77. The van der Waals surface area contributed by atoms with E-state index in [4.69, 9.17) is 0 Å². The van der Waals surface area contributed by atoms with Crippen molar-refractivity contribution in [2.75, 3.05) is 0 Å². The average molecular weight is 372 g/mol. The summed E-state index contributed by atoms with van der Waals surface area (Å²) in [7, 11) is 0. The molecule has 10 heteroatoms. The van der Waals surface area contributed by atoms with Gasteiger partial charge in [0.05, 0.1) is 11.4 Å². The van der Waals surface area contributed by atoms with Crippen LogP contribution in [0.2, 0.25) is 0 Å². The summed E-state index contributed by atoms with van der Waals surface area (Å²) >= 11 is 0. The normalized spacial score (nSPS) is 11.5. The Morgan fingerprint density at radius 1 is 1.19 bits per heavy atom. The molecular formula is C17H14F2N6O2. The number of nitrogens with one attached hydrogen (secondary N) is 1. The molecule has 0 fully saturated rings. The highest BCUT2D eigenvalue weighted by molar-refractivity contribution is 6.02. The molecule has 1 amide bonds. The van der Waals surface area contributed by atoms with E-state index in [9.17, 15) is 13.6 Å². The highest BCUT2D eigenvalue weighted by atomic mass is 19.3. The van der Waals surface area contributed by atoms with Gasteiger partial charge < -0.3 is 4.74 Å². The molecule has 0 saturated carbocycles. The maximum atomic E-state index is 12.5. The fourth-order valence-electron chi connectivity index (χ4n) is 2.27. The van der Waals surface area contributed by atoms with E-state index in [1.165, 1.54) is 17.1 Å². The van der Waals surface area contributed by atoms with Crippen LogP contribution in [-0.2, 0) is 0 Å². The summed E-state index contributed by atoms with van der Waals surface area (Å²) in [5.41, 5.74) is 4.12. The van der Waals surface area contributed by atoms with Crippen LogP contribution < -0.4 is 10.2 Å². The van der Waals surface area contributed by atoms with Gasteiger partial charge >= 0.3 is 6.61 Å². The van der Waals surface area contributed by atoms with Crippen LogP contribution in [0.15, 0.2) is 60.0 Å². The summed E-state index contributed by atoms with van der Waals surface area (Å²) in [5.74, 6) is -0.473. The lowest BCUT2D eigenvalue weighted by molar-refractivity contribution is -0.0499. The van der Waals surface area contributed by atoms with Gasteiger partial charge in [0.1, 0.15) is 12.1 Å². The van der Waals surface area contributed by atoms with Crippen molar-refractivity contribution in [1.29, 1.82) is 0 Å². The predicted octanol–water partition coefficient (Wildman–Crippen LogP) is 2.42.